The number of hydrogen-bond acceptors (Lipinski definition) is 2. The molecule has 2 nitrogen and oxygen atoms in total. The predicted molar refractivity (Wildman–Crippen MR) is 91.9 cm³/mol. The van der Waals surface area contributed by atoms with Crippen LogP contribution in [-0.2, 0) is 6.42 Å². The van der Waals surface area contributed by atoms with Crippen LogP contribution in [-0.4, -0.2) is 18.2 Å². The molecule has 0 radical (unpaired) electrons. The average Bonchev–Trinajstić information content (AvgIpc) is 2.47. The van der Waals surface area contributed by atoms with Crippen LogP contribution in [0.1, 0.15) is 30.4 Å². The zero-order chi connectivity index (χ0) is 15.1. The lowest BCUT2D eigenvalue weighted by atomic mass is 9.92. The second-order valence-electron chi connectivity index (χ2n) is 5.33. The molecule has 2 aromatic rings. The summed E-state index contributed by atoms with van der Waals surface area (Å²) in [7, 11) is 0. The van der Waals surface area contributed by atoms with Crippen LogP contribution in [0.3, 0.4) is 0 Å². The summed E-state index contributed by atoms with van der Waals surface area (Å²) in [6, 6.07) is 16.1. The van der Waals surface area contributed by atoms with Gasteiger partial charge in [-0.05, 0) is 54.8 Å². The van der Waals surface area contributed by atoms with Crippen LogP contribution in [0.5, 0.6) is 5.75 Å². The number of halogens is 1. The van der Waals surface area contributed by atoms with Gasteiger partial charge in [0.2, 0.25) is 0 Å². The van der Waals surface area contributed by atoms with E-state index in [2.05, 4.69) is 58.5 Å². The Bertz CT molecular complexity index is 553. The highest BCUT2D eigenvalue weighted by atomic mass is 79.9. The quantitative estimate of drug-likeness (QED) is 0.723. The van der Waals surface area contributed by atoms with Gasteiger partial charge in [0.05, 0.1) is 0 Å². The Hall–Kier alpha value is -1.32. The molecule has 0 spiro atoms. The predicted octanol–water partition coefficient (Wildman–Crippen LogP) is 4.48. The standard InChI is InChI=1S/C18H22BrNO/c1-2-10-20-13-16(15-6-8-17(19)9-7-15)11-14-4-3-5-18(21)12-14/h3-9,12,16,20-21H,2,10-11,13H2,1H3. The number of aromatic hydroxyl groups is 1. The molecule has 0 saturated carbocycles. The number of rotatable bonds is 7. The number of hydrogen-bond donors (Lipinski definition) is 2. The first-order chi connectivity index (χ1) is 10.2. The molecule has 2 rings (SSSR count). The van der Waals surface area contributed by atoms with Crippen molar-refractivity contribution in [2.24, 2.45) is 0 Å². The number of phenols is 1. The van der Waals surface area contributed by atoms with Crippen LogP contribution in [0.4, 0.5) is 0 Å². The summed E-state index contributed by atoms with van der Waals surface area (Å²) >= 11 is 3.49. The van der Waals surface area contributed by atoms with Gasteiger partial charge < -0.3 is 10.4 Å². The zero-order valence-electron chi connectivity index (χ0n) is 12.3. The lowest BCUT2D eigenvalue weighted by Gasteiger charge is -2.18. The van der Waals surface area contributed by atoms with E-state index in [1.165, 1.54) is 11.1 Å². The van der Waals surface area contributed by atoms with Crippen molar-refractivity contribution in [2.45, 2.75) is 25.7 Å². The molecule has 0 fully saturated rings. The van der Waals surface area contributed by atoms with E-state index in [1.54, 1.807) is 6.07 Å². The maximum absolute atomic E-state index is 9.63. The molecule has 21 heavy (non-hydrogen) atoms. The summed E-state index contributed by atoms with van der Waals surface area (Å²) in [6.07, 6.45) is 2.06. The van der Waals surface area contributed by atoms with Gasteiger partial charge in [-0.3, -0.25) is 0 Å². The fourth-order valence-corrected chi connectivity index (χ4v) is 2.73. The minimum absolute atomic E-state index is 0.337. The molecule has 1 atom stereocenters. The van der Waals surface area contributed by atoms with Crippen molar-refractivity contribution < 1.29 is 5.11 Å². The Morgan fingerprint density at radius 2 is 1.90 bits per heavy atom. The fraction of sp³-hybridized carbons (Fsp3) is 0.333. The van der Waals surface area contributed by atoms with E-state index in [9.17, 15) is 5.11 Å². The van der Waals surface area contributed by atoms with E-state index < -0.39 is 0 Å². The first-order valence-corrected chi connectivity index (χ1v) is 8.22. The minimum atomic E-state index is 0.337. The van der Waals surface area contributed by atoms with E-state index in [4.69, 9.17) is 0 Å². The second kappa shape index (κ2) is 8.20. The molecule has 0 bridgehead atoms. The Kier molecular flexibility index (Phi) is 6.27. The SMILES string of the molecule is CCCNCC(Cc1cccc(O)c1)c1ccc(Br)cc1. The Morgan fingerprint density at radius 3 is 2.57 bits per heavy atom. The van der Waals surface area contributed by atoms with Crippen molar-refractivity contribution in [3.63, 3.8) is 0 Å². The van der Waals surface area contributed by atoms with Crippen LogP contribution < -0.4 is 5.32 Å². The Labute approximate surface area is 135 Å². The number of phenolic OH excluding ortho intramolecular Hbond substituents is 1. The summed E-state index contributed by atoms with van der Waals surface area (Å²) in [5.74, 6) is 0.745. The summed E-state index contributed by atoms with van der Waals surface area (Å²) in [5.41, 5.74) is 2.49. The molecular formula is C18H22BrNO. The third-order valence-electron chi connectivity index (χ3n) is 3.55. The van der Waals surface area contributed by atoms with Crippen LogP contribution in [0.25, 0.3) is 0 Å². The van der Waals surface area contributed by atoms with Crippen molar-refractivity contribution in [2.75, 3.05) is 13.1 Å². The van der Waals surface area contributed by atoms with Gasteiger partial charge in [-0.1, -0.05) is 47.1 Å². The molecule has 0 heterocycles. The van der Waals surface area contributed by atoms with Gasteiger partial charge in [0.1, 0.15) is 5.75 Å². The molecule has 3 heteroatoms. The lowest BCUT2D eigenvalue weighted by Crippen LogP contribution is -2.23. The van der Waals surface area contributed by atoms with Crippen molar-refractivity contribution >= 4 is 15.9 Å². The average molecular weight is 348 g/mol. The molecule has 0 aromatic heterocycles. The van der Waals surface area contributed by atoms with Gasteiger partial charge in [-0.15, -0.1) is 0 Å². The van der Waals surface area contributed by atoms with Crippen LogP contribution in [0.15, 0.2) is 53.0 Å². The van der Waals surface area contributed by atoms with Crippen LogP contribution in [0, 0.1) is 0 Å². The van der Waals surface area contributed by atoms with E-state index in [0.717, 1.165) is 30.4 Å². The largest absolute Gasteiger partial charge is 0.508 e. The van der Waals surface area contributed by atoms with E-state index in [-0.39, 0.29) is 0 Å². The molecule has 0 aliphatic rings. The van der Waals surface area contributed by atoms with E-state index in [1.807, 2.05) is 12.1 Å². The van der Waals surface area contributed by atoms with Gasteiger partial charge in [0.15, 0.2) is 0 Å². The van der Waals surface area contributed by atoms with Gasteiger partial charge in [0.25, 0.3) is 0 Å². The molecule has 0 aliphatic heterocycles. The van der Waals surface area contributed by atoms with Crippen molar-refractivity contribution in [1.82, 2.24) is 5.32 Å². The molecular weight excluding hydrogens is 326 g/mol. The normalized spacial score (nSPS) is 12.3. The van der Waals surface area contributed by atoms with E-state index in [0.29, 0.717) is 11.7 Å². The first-order valence-electron chi connectivity index (χ1n) is 7.43. The summed E-state index contributed by atoms with van der Waals surface area (Å²) < 4.78 is 1.10. The highest BCUT2D eigenvalue weighted by Crippen LogP contribution is 2.24. The molecule has 0 saturated heterocycles. The van der Waals surface area contributed by atoms with Crippen molar-refractivity contribution in [3.8, 4) is 5.75 Å². The lowest BCUT2D eigenvalue weighted by molar-refractivity contribution is 0.474. The molecule has 112 valence electrons. The summed E-state index contributed by atoms with van der Waals surface area (Å²) in [6.45, 7) is 4.16. The molecule has 0 aliphatic carbocycles. The topological polar surface area (TPSA) is 32.3 Å². The summed E-state index contributed by atoms with van der Waals surface area (Å²) in [5, 5.41) is 13.1. The Morgan fingerprint density at radius 1 is 1.14 bits per heavy atom. The molecule has 2 N–H and O–H groups in total. The zero-order valence-corrected chi connectivity index (χ0v) is 13.9. The van der Waals surface area contributed by atoms with Crippen LogP contribution >= 0.6 is 15.9 Å². The first kappa shape index (κ1) is 16.1. The van der Waals surface area contributed by atoms with Gasteiger partial charge in [-0.2, -0.15) is 0 Å². The van der Waals surface area contributed by atoms with E-state index >= 15 is 0 Å². The molecule has 2 aromatic carbocycles. The highest BCUT2D eigenvalue weighted by Gasteiger charge is 2.12. The van der Waals surface area contributed by atoms with Gasteiger partial charge in [0, 0.05) is 16.9 Å². The van der Waals surface area contributed by atoms with Crippen LogP contribution in [0.2, 0.25) is 0 Å². The maximum atomic E-state index is 9.63. The molecule has 0 amide bonds. The number of nitrogens with one attached hydrogen (secondary N) is 1. The summed E-state index contributed by atoms with van der Waals surface area (Å²) in [4.78, 5) is 0. The van der Waals surface area contributed by atoms with Crippen molar-refractivity contribution in [3.05, 3.63) is 64.1 Å². The Balaban J connectivity index is 2.13. The third kappa shape index (κ3) is 5.18. The minimum Gasteiger partial charge on any atom is -0.508 e. The fourth-order valence-electron chi connectivity index (χ4n) is 2.46. The van der Waals surface area contributed by atoms with Gasteiger partial charge >= 0.3 is 0 Å². The van der Waals surface area contributed by atoms with Gasteiger partial charge in [-0.25, -0.2) is 0 Å². The molecule has 1 unspecified atom stereocenters. The smallest absolute Gasteiger partial charge is 0.115 e. The van der Waals surface area contributed by atoms with Crippen molar-refractivity contribution in [1.29, 1.82) is 0 Å². The highest BCUT2D eigenvalue weighted by molar-refractivity contribution is 9.10. The second-order valence-corrected chi connectivity index (χ2v) is 6.24. The number of benzene rings is 2. The monoisotopic (exact) mass is 347 g/mol. The maximum Gasteiger partial charge on any atom is 0.115 e. The third-order valence-corrected chi connectivity index (χ3v) is 4.08.